The molecule has 1 aromatic heterocycles. The molecule has 6 nitrogen and oxygen atoms in total. The van der Waals surface area contributed by atoms with Gasteiger partial charge in [0, 0.05) is 29.7 Å². The van der Waals surface area contributed by atoms with E-state index in [0.29, 0.717) is 18.8 Å². The van der Waals surface area contributed by atoms with Crippen LogP contribution >= 0.6 is 0 Å². The molecule has 3 aromatic rings. The molecule has 0 unspecified atom stereocenters. The highest BCUT2D eigenvalue weighted by molar-refractivity contribution is 5.95. The zero-order valence-electron chi connectivity index (χ0n) is 15.1. The van der Waals surface area contributed by atoms with Gasteiger partial charge in [0.1, 0.15) is 5.69 Å². The van der Waals surface area contributed by atoms with Gasteiger partial charge in [-0.05, 0) is 36.4 Å². The average molecular weight is 370 g/mol. The topological polar surface area (TPSA) is 74.3 Å². The standard InChI is InChI=1S/C22H18N4O2/c27-21(20-12-9-17-5-1-2-6-19(17)25-20)23-13-3-4-16-7-10-18(11-8-16)26-15-14-24-22(26)28/h1-2,5-12H,13-15H2,(H,23,27)(H,24,28). The third-order valence-electron chi connectivity index (χ3n) is 4.44. The second-order valence-corrected chi connectivity index (χ2v) is 6.30. The Balaban J connectivity index is 1.35. The van der Waals surface area contributed by atoms with Gasteiger partial charge < -0.3 is 10.6 Å². The molecule has 3 amide bonds. The first kappa shape index (κ1) is 17.6. The number of carbonyl (C=O) groups is 2. The van der Waals surface area contributed by atoms with Gasteiger partial charge in [-0.2, -0.15) is 0 Å². The van der Waals surface area contributed by atoms with Gasteiger partial charge in [-0.1, -0.05) is 36.1 Å². The normalized spacial score (nSPS) is 13.0. The maximum Gasteiger partial charge on any atom is 0.321 e. The Morgan fingerprint density at radius 2 is 1.93 bits per heavy atom. The highest BCUT2D eigenvalue weighted by Gasteiger charge is 2.20. The van der Waals surface area contributed by atoms with Crippen LogP contribution in [0.3, 0.4) is 0 Å². The van der Waals surface area contributed by atoms with Crippen LogP contribution < -0.4 is 15.5 Å². The second-order valence-electron chi connectivity index (χ2n) is 6.30. The lowest BCUT2D eigenvalue weighted by molar-refractivity contribution is 0.0954. The minimum atomic E-state index is -0.254. The fraction of sp³-hybridized carbons (Fsp3) is 0.136. The van der Waals surface area contributed by atoms with E-state index in [-0.39, 0.29) is 18.5 Å². The van der Waals surface area contributed by atoms with Crippen molar-refractivity contribution in [1.29, 1.82) is 0 Å². The molecule has 0 saturated carbocycles. The van der Waals surface area contributed by atoms with Crippen molar-refractivity contribution in [2.45, 2.75) is 0 Å². The molecule has 2 N–H and O–H groups in total. The zero-order chi connectivity index (χ0) is 19.3. The molecule has 28 heavy (non-hydrogen) atoms. The number of para-hydroxylation sites is 1. The van der Waals surface area contributed by atoms with Crippen molar-refractivity contribution in [3.63, 3.8) is 0 Å². The first-order chi connectivity index (χ1) is 13.7. The van der Waals surface area contributed by atoms with E-state index in [9.17, 15) is 9.59 Å². The third kappa shape index (κ3) is 3.79. The number of anilines is 1. The number of aromatic nitrogens is 1. The summed E-state index contributed by atoms with van der Waals surface area (Å²) in [6, 6.07) is 18.6. The van der Waals surface area contributed by atoms with E-state index in [4.69, 9.17) is 0 Å². The summed E-state index contributed by atoms with van der Waals surface area (Å²) in [6.45, 7) is 1.55. The number of pyridine rings is 1. The van der Waals surface area contributed by atoms with E-state index in [2.05, 4.69) is 27.5 Å². The number of carbonyl (C=O) groups excluding carboxylic acids is 2. The zero-order valence-corrected chi connectivity index (χ0v) is 15.1. The first-order valence-electron chi connectivity index (χ1n) is 8.99. The molecule has 2 aromatic carbocycles. The van der Waals surface area contributed by atoms with Crippen molar-refractivity contribution >= 4 is 28.5 Å². The average Bonchev–Trinajstić information content (AvgIpc) is 3.17. The molecule has 6 heteroatoms. The maximum atomic E-state index is 12.2. The molecule has 0 aliphatic carbocycles. The third-order valence-corrected chi connectivity index (χ3v) is 4.44. The van der Waals surface area contributed by atoms with Crippen molar-refractivity contribution in [2.75, 3.05) is 24.5 Å². The van der Waals surface area contributed by atoms with E-state index in [0.717, 1.165) is 22.2 Å². The highest BCUT2D eigenvalue weighted by Crippen LogP contribution is 2.16. The number of amides is 3. The van der Waals surface area contributed by atoms with Crippen LogP contribution in [-0.2, 0) is 0 Å². The van der Waals surface area contributed by atoms with Gasteiger partial charge in [-0.25, -0.2) is 9.78 Å². The summed E-state index contributed by atoms with van der Waals surface area (Å²) in [4.78, 5) is 30.0. The lowest BCUT2D eigenvalue weighted by atomic mass is 10.2. The summed E-state index contributed by atoms with van der Waals surface area (Å²) in [7, 11) is 0. The van der Waals surface area contributed by atoms with Crippen LogP contribution in [0.15, 0.2) is 60.7 Å². The van der Waals surface area contributed by atoms with Crippen LogP contribution in [0.5, 0.6) is 0 Å². The Kier molecular flexibility index (Phi) is 4.89. The van der Waals surface area contributed by atoms with E-state index >= 15 is 0 Å². The van der Waals surface area contributed by atoms with Crippen LogP contribution in [-0.4, -0.2) is 36.6 Å². The van der Waals surface area contributed by atoms with Crippen LogP contribution in [0.4, 0.5) is 10.5 Å². The lowest BCUT2D eigenvalue weighted by Gasteiger charge is -2.13. The first-order valence-corrected chi connectivity index (χ1v) is 8.99. The predicted octanol–water partition coefficient (Wildman–Crippen LogP) is 2.55. The Hall–Kier alpha value is -3.85. The van der Waals surface area contributed by atoms with Gasteiger partial charge in [0.05, 0.1) is 12.1 Å². The minimum Gasteiger partial charge on any atom is -0.340 e. The van der Waals surface area contributed by atoms with E-state index in [1.165, 1.54) is 0 Å². The SMILES string of the molecule is O=C(NCC#Cc1ccc(N2CCNC2=O)cc1)c1ccc2ccccc2n1. The van der Waals surface area contributed by atoms with Crippen molar-refractivity contribution in [3.8, 4) is 11.8 Å². The molecule has 0 spiro atoms. The van der Waals surface area contributed by atoms with Gasteiger partial charge in [0.15, 0.2) is 0 Å². The fourth-order valence-corrected chi connectivity index (χ4v) is 3.00. The molecule has 0 radical (unpaired) electrons. The number of hydrogen-bond acceptors (Lipinski definition) is 3. The smallest absolute Gasteiger partial charge is 0.321 e. The number of rotatable bonds is 3. The Morgan fingerprint density at radius 1 is 1.11 bits per heavy atom. The molecule has 1 fully saturated rings. The second kappa shape index (κ2) is 7.80. The number of benzene rings is 2. The van der Waals surface area contributed by atoms with Crippen LogP contribution in [0.2, 0.25) is 0 Å². The molecule has 1 saturated heterocycles. The van der Waals surface area contributed by atoms with E-state index in [1.54, 1.807) is 11.0 Å². The Morgan fingerprint density at radius 3 is 2.71 bits per heavy atom. The summed E-state index contributed by atoms with van der Waals surface area (Å²) >= 11 is 0. The van der Waals surface area contributed by atoms with Crippen molar-refractivity contribution in [3.05, 3.63) is 71.9 Å². The number of urea groups is 1. The number of hydrogen-bond donors (Lipinski definition) is 2. The van der Waals surface area contributed by atoms with Crippen molar-refractivity contribution in [1.82, 2.24) is 15.6 Å². The Bertz CT molecular complexity index is 1100. The lowest BCUT2D eigenvalue weighted by Crippen LogP contribution is -2.27. The molecule has 0 atom stereocenters. The quantitative estimate of drug-likeness (QED) is 0.696. The summed E-state index contributed by atoms with van der Waals surface area (Å²) in [5.74, 6) is 5.69. The number of nitrogens with one attached hydrogen (secondary N) is 2. The highest BCUT2D eigenvalue weighted by atomic mass is 16.2. The van der Waals surface area contributed by atoms with E-state index < -0.39 is 0 Å². The van der Waals surface area contributed by atoms with Crippen LogP contribution in [0, 0.1) is 11.8 Å². The molecule has 1 aliphatic rings. The monoisotopic (exact) mass is 370 g/mol. The number of nitrogens with zero attached hydrogens (tertiary/aromatic N) is 2. The van der Waals surface area contributed by atoms with Gasteiger partial charge in [0.25, 0.3) is 5.91 Å². The minimum absolute atomic E-state index is 0.0798. The summed E-state index contributed by atoms with van der Waals surface area (Å²) in [5, 5.41) is 6.53. The van der Waals surface area contributed by atoms with Crippen molar-refractivity contribution in [2.24, 2.45) is 0 Å². The number of fused-ring (bicyclic) bond motifs is 1. The molecular weight excluding hydrogens is 352 g/mol. The molecule has 0 bridgehead atoms. The fourth-order valence-electron chi connectivity index (χ4n) is 3.00. The van der Waals surface area contributed by atoms with Gasteiger partial charge in [-0.3, -0.25) is 9.69 Å². The van der Waals surface area contributed by atoms with Gasteiger partial charge >= 0.3 is 6.03 Å². The Labute approximate surface area is 162 Å². The van der Waals surface area contributed by atoms with E-state index in [1.807, 2.05) is 54.6 Å². The molecule has 1 aliphatic heterocycles. The predicted molar refractivity (Wildman–Crippen MR) is 108 cm³/mol. The molecule has 138 valence electrons. The maximum absolute atomic E-state index is 12.2. The summed E-state index contributed by atoms with van der Waals surface area (Å²) < 4.78 is 0. The summed E-state index contributed by atoms with van der Waals surface area (Å²) in [5.41, 5.74) is 2.82. The van der Waals surface area contributed by atoms with Crippen LogP contribution in [0.1, 0.15) is 16.1 Å². The van der Waals surface area contributed by atoms with Crippen molar-refractivity contribution < 1.29 is 9.59 Å². The van der Waals surface area contributed by atoms with Gasteiger partial charge in [-0.15, -0.1) is 0 Å². The molecular formula is C22H18N4O2. The van der Waals surface area contributed by atoms with Gasteiger partial charge in [0.2, 0.25) is 0 Å². The largest absolute Gasteiger partial charge is 0.340 e. The van der Waals surface area contributed by atoms with Crippen LogP contribution in [0.25, 0.3) is 10.9 Å². The molecule has 4 rings (SSSR count). The molecule has 2 heterocycles. The summed E-state index contributed by atoms with van der Waals surface area (Å²) in [6.07, 6.45) is 0.